The standard InChI is InChI=1S/C20H22N2O7/c1-13-4-7-15(22(25)26)11-16(13)21-19(23)12-29-20(24)9-6-14-5-8-17(27-2)18(10-14)28-3/h4-5,7-8,10-11H,6,9,12H2,1-3H3,(H,21,23). The summed E-state index contributed by atoms with van der Waals surface area (Å²) in [6.07, 6.45) is 0.489. The van der Waals surface area contributed by atoms with Crippen LogP contribution in [0.1, 0.15) is 17.5 Å². The van der Waals surface area contributed by atoms with Gasteiger partial charge in [-0.05, 0) is 36.6 Å². The van der Waals surface area contributed by atoms with Crippen LogP contribution in [0.5, 0.6) is 11.5 Å². The van der Waals surface area contributed by atoms with Crippen molar-refractivity contribution < 1.29 is 28.7 Å². The molecule has 0 aromatic heterocycles. The van der Waals surface area contributed by atoms with Gasteiger partial charge in [-0.1, -0.05) is 12.1 Å². The predicted molar refractivity (Wildman–Crippen MR) is 105 cm³/mol. The zero-order valence-electron chi connectivity index (χ0n) is 16.4. The summed E-state index contributed by atoms with van der Waals surface area (Å²) in [5, 5.41) is 13.4. The average molecular weight is 402 g/mol. The van der Waals surface area contributed by atoms with E-state index in [-0.39, 0.29) is 12.1 Å². The second-order valence-corrected chi connectivity index (χ2v) is 6.15. The fourth-order valence-electron chi connectivity index (χ4n) is 2.55. The van der Waals surface area contributed by atoms with E-state index >= 15 is 0 Å². The average Bonchev–Trinajstić information content (AvgIpc) is 2.71. The highest BCUT2D eigenvalue weighted by molar-refractivity contribution is 5.93. The molecule has 0 aliphatic rings. The minimum Gasteiger partial charge on any atom is -0.493 e. The SMILES string of the molecule is COc1ccc(CCC(=O)OCC(=O)Nc2cc([N+](=O)[O-])ccc2C)cc1OC. The third-order valence-corrected chi connectivity index (χ3v) is 4.14. The number of anilines is 1. The van der Waals surface area contributed by atoms with Crippen LogP contribution in [0.25, 0.3) is 0 Å². The maximum atomic E-state index is 12.0. The van der Waals surface area contributed by atoms with Crippen LogP contribution in [0.15, 0.2) is 36.4 Å². The summed E-state index contributed by atoms with van der Waals surface area (Å²) in [5.41, 5.74) is 1.67. The number of ether oxygens (including phenoxy) is 3. The van der Waals surface area contributed by atoms with Gasteiger partial charge < -0.3 is 19.5 Å². The summed E-state index contributed by atoms with van der Waals surface area (Å²) >= 11 is 0. The van der Waals surface area contributed by atoms with E-state index in [4.69, 9.17) is 14.2 Å². The van der Waals surface area contributed by atoms with E-state index in [1.54, 1.807) is 19.1 Å². The lowest BCUT2D eigenvalue weighted by Crippen LogP contribution is -2.21. The maximum absolute atomic E-state index is 12.0. The number of carbonyl (C=O) groups is 2. The summed E-state index contributed by atoms with van der Waals surface area (Å²) in [6, 6.07) is 9.46. The van der Waals surface area contributed by atoms with Crippen molar-refractivity contribution in [1.82, 2.24) is 0 Å². The molecule has 0 aliphatic heterocycles. The number of amides is 1. The zero-order chi connectivity index (χ0) is 21.4. The molecule has 29 heavy (non-hydrogen) atoms. The number of nitro benzene ring substituents is 1. The molecule has 0 radical (unpaired) electrons. The first-order valence-electron chi connectivity index (χ1n) is 8.75. The van der Waals surface area contributed by atoms with Gasteiger partial charge in [0.1, 0.15) is 0 Å². The van der Waals surface area contributed by atoms with E-state index in [1.807, 2.05) is 6.07 Å². The first kappa shape index (κ1) is 21.7. The van der Waals surface area contributed by atoms with Crippen LogP contribution in [0.4, 0.5) is 11.4 Å². The topological polar surface area (TPSA) is 117 Å². The van der Waals surface area contributed by atoms with Gasteiger partial charge in [0.05, 0.1) is 24.8 Å². The van der Waals surface area contributed by atoms with Gasteiger partial charge in [-0.3, -0.25) is 19.7 Å². The maximum Gasteiger partial charge on any atom is 0.306 e. The summed E-state index contributed by atoms with van der Waals surface area (Å²) in [4.78, 5) is 34.2. The highest BCUT2D eigenvalue weighted by Crippen LogP contribution is 2.28. The van der Waals surface area contributed by atoms with Crippen LogP contribution < -0.4 is 14.8 Å². The van der Waals surface area contributed by atoms with Gasteiger partial charge in [0, 0.05) is 18.6 Å². The van der Waals surface area contributed by atoms with E-state index in [0.29, 0.717) is 29.2 Å². The van der Waals surface area contributed by atoms with E-state index in [0.717, 1.165) is 5.56 Å². The molecule has 0 saturated carbocycles. The summed E-state index contributed by atoms with van der Waals surface area (Å²) in [5.74, 6) is 0.0378. The van der Waals surface area contributed by atoms with Crippen molar-refractivity contribution in [2.45, 2.75) is 19.8 Å². The molecule has 0 unspecified atom stereocenters. The number of methoxy groups -OCH3 is 2. The van der Waals surface area contributed by atoms with Gasteiger partial charge in [-0.25, -0.2) is 0 Å². The Morgan fingerprint density at radius 1 is 1.07 bits per heavy atom. The normalized spacial score (nSPS) is 10.2. The fourth-order valence-corrected chi connectivity index (χ4v) is 2.55. The Balaban J connectivity index is 1.84. The molecule has 0 fully saturated rings. The van der Waals surface area contributed by atoms with Gasteiger partial charge in [-0.2, -0.15) is 0 Å². The number of nitrogens with zero attached hydrogens (tertiary/aromatic N) is 1. The fraction of sp³-hybridized carbons (Fsp3) is 0.300. The number of hydrogen-bond acceptors (Lipinski definition) is 7. The van der Waals surface area contributed by atoms with Crippen molar-refractivity contribution >= 4 is 23.3 Å². The molecule has 0 saturated heterocycles. The van der Waals surface area contributed by atoms with Crippen LogP contribution in [0.2, 0.25) is 0 Å². The summed E-state index contributed by atoms with van der Waals surface area (Å²) in [7, 11) is 3.06. The van der Waals surface area contributed by atoms with Gasteiger partial charge in [0.25, 0.3) is 11.6 Å². The summed E-state index contributed by atoms with van der Waals surface area (Å²) in [6.45, 7) is 1.22. The largest absolute Gasteiger partial charge is 0.493 e. The molecule has 0 bridgehead atoms. The minimum atomic E-state index is -0.576. The molecule has 9 nitrogen and oxygen atoms in total. The van der Waals surface area contributed by atoms with E-state index in [9.17, 15) is 19.7 Å². The molecule has 154 valence electrons. The van der Waals surface area contributed by atoms with Crippen molar-refractivity contribution in [2.75, 3.05) is 26.1 Å². The molecular weight excluding hydrogens is 380 g/mol. The lowest BCUT2D eigenvalue weighted by molar-refractivity contribution is -0.384. The smallest absolute Gasteiger partial charge is 0.306 e. The predicted octanol–water partition coefficient (Wildman–Crippen LogP) is 3.03. The van der Waals surface area contributed by atoms with Crippen LogP contribution in [0.3, 0.4) is 0 Å². The number of non-ortho nitro benzene ring substituents is 1. The highest BCUT2D eigenvalue weighted by atomic mass is 16.6. The first-order valence-corrected chi connectivity index (χ1v) is 8.75. The second kappa shape index (κ2) is 10.1. The van der Waals surface area contributed by atoms with Crippen molar-refractivity contribution in [3.63, 3.8) is 0 Å². The Bertz CT molecular complexity index is 912. The van der Waals surface area contributed by atoms with Gasteiger partial charge in [0.2, 0.25) is 0 Å². The Morgan fingerprint density at radius 2 is 1.79 bits per heavy atom. The lowest BCUT2D eigenvalue weighted by atomic mass is 10.1. The molecular formula is C20H22N2O7. The summed E-state index contributed by atoms with van der Waals surface area (Å²) < 4.78 is 15.4. The van der Waals surface area contributed by atoms with Crippen LogP contribution in [0, 0.1) is 17.0 Å². The van der Waals surface area contributed by atoms with Crippen molar-refractivity contribution in [2.24, 2.45) is 0 Å². The Hall–Kier alpha value is -3.62. The van der Waals surface area contributed by atoms with E-state index in [2.05, 4.69) is 5.32 Å². The van der Waals surface area contributed by atoms with E-state index < -0.39 is 23.4 Å². The third-order valence-electron chi connectivity index (χ3n) is 4.14. The molecule has 0 spiro atoms. The molecule has 0 atom stereocenters. The first-order chi connectivity index (χ1) is 13.8. The van der Waals surface area contributed by atoms with Crippen LogP contribution >= 0.6 is 0 Å². The molecule has 1 amide bonds. The van der Waals surface area contributed by atoms with Crippen LogP contribution in [-0.2, 0) is 20.7 Å². The van der Waals surface area contributed by atoms with Gasteiger partial charge in [-0.15, -0.1) is 0 Å². The number of carbonyl (C=O) groups excluding carboxylic acids is 2. The monoisotopic (exact) mass is 402 g/mol. The van der Waals surface area contributed by atoms with Crippen molar-refractivity contribution in [1.29, 1.82) is 0 Å². The molecule has 0 heterocycles. The second-order valence-electron chi connectivity index (χ2n) is 6.15. The lowest BCUT2D eigenvalue weighted by Gasteiger charge is -2.10. The Kier molecular flexibility index (Phi) is 7.53. The number of nitro groups is 1. The molecule has 9 heteroatoms. The molecule has 0 aliphatic carbocycles. The number of benzene rings is 2. The molecule has 2 aromatic carbocycles. The molecule has 2 aromatic rings. The van der Waals surface area contributed by atoms with Gasteiger partial charge in [0.15, 0.2) is 18.1 Å². The van der Waals surface area contributed by atoms with Crippen molar-refractivity contribution in [3.8, 4) is 11.5 Å². The molecule has 1 N–H and O–H groups in total. The van der Waals surface area contributed by atoms with Crippen molar-refractivity contribution in [3.05, 3.63) is 57.6 Å². The van der Waals surface area contributed by atoms with Gasteiger partial charge >= 0.3 is 5.97 Å². The quantitative estimate of drug-likeness (QED) is 0.389. The highest BCUT2D eigenvalue weighted by Gasteiger charge is 2.13. The number of esters is 1. The Labute approximate surface area is 167 Å². The minimum absolute atomic E-state index is 0.0819. The third kappa shape index (κ3) is 6.20. The molecule has 2 rings (SSSR count). The number of rotatable bonds is 9. The number of nitrogens with one attached hydrogen (secondary N) is 1. The number of hydrogen-bond donors (Lipinski definition) is 1. The zero-order valence-corrected chi connectivity index (χ0v) is 16.4. The Morgan fingerprint density at radius 3 is 2.45 bits per heavy atom. The van der Waals surface area contributed by atoms with Crippen LogP contribution in [-0.4, -0.2) is 37.6 Å². The van der Waals surface area contributed by atoms with E-state index in [1.165, 1.54) is 32.4 Å². The number of aryl methyl sites for hydroxylation is 2.